The number of allylic oxidation sites excluding steroid dienone is 1. The molecule has 0 aliphatic carbocycles. The molecule has 0 N–H and O–H groups in total. The summed E-state index contributed by atoms with van der Waals surface area (Å²) in [7, 11) is 1.34. The SMILES string of the molecule is COC(=O)c1ccc(-n2c(C)cc(C(=O)/C(C#N)=C/c3cccs3)c2C)cc1. The predicted octanol–water partition coefficient (Wildman–Crippen LogP) is 4.73. The predicted molar refractivity (Wildman–Crippen MR) is 109 cm³/mol. The number of benzene rings is 1. The molecule has 5 nitrogen and oxygen atoms in total. The van der Waals surface area contributed by atoms with Crippen LogP contribution < -0.4 is 0 Å². The Kier molecular flexibility index (Phi) is 5.57. The molecule has 3 aromatic rings. The molecule has 0 radical (unpaired) electrons. The zero-order valence-corrected chi connectivity index (χ0v) is 16.5. The molecule has 140 valence electrons. The number of methoxy groups -OCH3 is 1. The number of aromatic nitrogens is 1. The van der Waals surface area contributed by atoms with Crippen molar-refractivity contribution in [2.75, 3.05) is 7.11 Å². The highest BCUT2D eigenvalue weighted by molar-refractivity contribution is 7.10. The number of hydrogen-bond acceptors (Lipinski definition) is 5. The van der Waals surface area contributed by atoms with Gasteiger partial charge in [0.05, 0.1) is 12.7 Å². The summed E-state index contributed by atoms with van der Waals surface area (Å²) >= 11 is 1.47. The average molecular weight is 390 g/mol. The third kappa shape index (κ3) is 3.66. The fourth-order valence-electron chi connectivity index (χ4n) is 3.06. The molecule has 0 spiro atoms. The van der Waals surface area contributed by atoms with Gasteiger partial charge in [-0.25, -0.2) is 4.79 Å². The summed E-state index contributed by atoms with van der Waals surface area (Å²) in [5.41, 5.74) is 3.46. The molecule has 28 heavy (non-hydrogen) atoms. The van der Waals surface area contributed by atoms with Gasteiger partial charge in [0.2, 0.25) is 5.78 Å². The summed E-state index contributed by atoms with van der Waals surface area (Å²) in [6.45, 7) is 3.74. The number of carbonyl (C=O) groups excluding carboxylic acids is 2. The van der Waals surface area contributed by atoms with Gasteiger partial charge in [-0.3, -0.25) is 4.79 Å². The molecule has 0 amide bonds. The van der Waals surface area contributed by atoms with Gasteiger partial charge < -0.3 is 9.30 Å². The van der Waals surface area contributed by atoms with Crippen LogP contribution in [0, 0.1) is 25.2 Å². The Bertz CT molecular complexity index is 1100. The third-order valence-electron chi connectivity index (χ3n) is 4.42. The lowest BCUT2D eigenvalue weighted by Crippen LogP contribution is -2.06. The lowest BCUT2D eigenvalue weighted by Gasteiger charge is -2.10. The molecule has 0 aliphatic heterocycles. The van der Waals surface area contributed by atoms with Gasteiger partial charge in [0.15, 0.2) is 0 Å². The van der Waals surface area contributed by atoms with Gasteiger partial charge >= 0.3 is 5.97 Å². The average Bonchev–Trinajstić information content (AvgIpc) is 3.32. The first-order chi connectivity index (χ1) is 13.5. The maximum atomic E-state index is 12.9. The number of hydrogen-bond donors (Lipinski definition) is 0. The Balaban J connectivity index is 1.99. The number of nitrogens with zero attached hydrogens (tertiary/aromatic N) is 2. The van der Waals surface area contributed by atoms with Crippen LogP contribution in [0.4, 0.5) is 0 Å². The molecular formula is C22H18N2O3S. The molecule has 2 aromatic heterocycles. The highest BCUT2D eigenvalue weighted by Gasteiger charge is 2.20. The molecule has 2 heterocycles. The van der Waals surface area contributed by atoms with Crippen LogP contribution >= 0.6 is 11.3 Å². The van der Waals surface area contributed by atoms with Crippen LogP contribution in [-0.4, -0.2) is 23.4 Å². The molecule has 0 saturated heterocycles. The summed E-state index contributed by atoms with van der Waals surface area (Å²) in [5, 5.41) is 11.4. The molecular weight excluding hydrogens is 372 g/mol. The number of nitriles is 1. The van der Waals surface area contributed by atoms with Crippen molar-refractivity contribution in [1.29, 1.82) is 5.26 Å². The maximum absolute atomic E-state index is 12.9. The fraction of sp³-hybridized carbons (Fsp3) is 0.136. The number of ketones is 1. The molecule has 0 saturated carbocycles. The minimum atomic E-state index is -0.402. The van der Waals surface area contributed by atoms with Gasteiger partial charge in [-0.1, -0.05) is 6.07 Å². The number of Topliss-reactive ketones (excluding diaryl/α,β-unsaturated/α-hetero) is 1. The minimum absolute atomic E-state index is 0.101. The van der Waals surface area contributed by atoms with Gasteiger partial charge in [-0.2, -0.15) is 5.26 Å². The van der Waals surface area contributed by atoms with E-state index in [0.29, 0.717) is 11.1 Å². The topological polar surface area (TPSA) is 72.1 Å². The van der Waals surface area contributed by atoms with E-state index in [1.165, 1.54) is 18.4 Å². The van der Waals surface area contributed by atoms with E-state index in [0.717, 1.165) is 22.0 Å². The molecule has 6 heteroatoms. The van der Waals surface area contributed by atoms with E-state index in [-0.39, 0.29) is 11.4 Å². The maximum Gasteiger partial charge on any atom is 0.337 e. The smallest absolute Gasteiger partial charge is 0.337 e. The first-order valence-electron chi connectivity index (χ1n) is 8.54. The fourth-order valence-corrected chi connectivity index (χ4v) is 3.72. The normalized spacial score (nSPS) is 11.1. The van der Waals surface area contributed by atoms with E-state index in [2.05, 4.69) is 0 Å². The van der Waals surface area contributed by atoms with E-state index >= 15 is 0 Å². The number of thiophene rings is 1. The number of esters is 1. The summed E-state index contributed by atoms with van der Waals surface area (Å²) in [4.78, 5) is 25.4. The van der Waals surface area contributed by atoms with Crippen LogP contribution in [0.3, 0.4) is 0 Å². The molecule has 3 rings (SSSR count). The van der Waals surface area contributed by atoms with Crippen molar-refractivity contribution >= 4 is 29.2 Å². The van der Waals surface area contributed by atoms with Crippen LogP contribution in [0.25, 0.3) is 11.8 Å². The Labute approximate surface area is 167 Å². The second kappa shape index (κ2) is 8.07. The Morgan fingerprint density at radius 1 is 1.18 bits per heavy atom. The lowest BCUT2D eigenvalue weighted by atomic mass is 10.0. The second-order valence-corrected chi connectivity index (χ2v) is 7.15. The van der Waals surface area contributed by atoms with Crippen LogP contribution in [0.15, 0.2) is 53.4 Å². The Hall–Kier alpha value is -3.43. The number of rotatable bonds is 5. The highest BCUT2D eigenvalue weighted by Crippen LogP contribution is 2.24. The van der Waals surface area contributed by atoms with Crippen LogP contribution in [0.1, 0.15) is 37.0 Å². The summed E-state index contributed by atoms with van der Waals surface area (Å²) in [6.07, 6.45) is 1.62. The second-order valence-electron chi connectivity index (χ2n) is 6.17. The number of ether oxygens (including phenoxy) is 1. The first kappa shape index (κ1) is 19.3. The Morgan fingerprint density at radius 3 is 2.46 bits per heavy atom. The third-order valence-corrected chi connectivity index (χ3v) is 5.24. The molecule has 0 aliphatic rings. The van der Waals surface area contributed by atoms with Crippen molar-refractivity contribution in [2.45, 2.75) is 13.8 Å². The van der Waals surface area contributed by atoms with Crippen molar-refractivity contribution in [3.8, 4) is 11.8 Å². The van der Waals surface area contributed by atoms with Crippen molar-refractivity contribution in [3.05, 3.63) is 80.8 Å². The van der Waals surface area contributed by atoms with Gasteiger partial charge in [0, 0.05) is 27.5 Å². The summed E-state index contributed by atoms with van der Waals surface area (Å²) < 4.78 is 6.65. The van der Waals surface area contributed by atoms with E-state index in [4.69, 9.17) is 4.74 Å². The van der Waals surface area contributed by atoms with E-state index in [9.17, 15) is 14.9 Å². The Morgan fingerprint density at radius 2 is 1.89 bits per heavy atom. The number of aryl methyl sites for hydroxylation is 1. The number of carbonyl (C=O) groups is 2. The standard InChI is InChI=1S/C22H18N2O3S/c1-14-11-20(21(25)17(13-23)12-19-5-4-10-28-19)15(2)24(14)18-8-6-16(7-9-18)22(26)27-3/h4-12H,1-3H3/b17-12+. The molecule has 1 aromatic carbocycles. The molecule has 0 bridgehead atoms. The van der Waals surface area contributed by atoms with Crippen LogP contribution in [0.2, 0.25) is 0 Å². The quantitative estimate of drug-likeness (QED) is 0.273. The highest BCUT2D eigenvalue weighted by atomic mass is 32.1. The van der Waals surface area contributed by atoms with Crippen molar-refractivity contribution < 1.29 is 14.3 Å². The summed E-state index contributed by atoms with van der Waals surface area (Å²) in [6, 6.07) is 14.5. The first-order valence-corrected chi connectivity index (χ1v) is 9.42. The van der Waals surface area contributed by atoms with E-state index in [1.54, 1.807) is 36.4 Å². The zero-order valence-electron chi connectivity index (χ0n) is 15.7. The molecule has 0 unspecified atom stereocenters. The minimum Gasteiger partial charge on any atom is -0.465 e. The van der Waals surface area contributed by atoms with Gasteiger partial charge in [-0.05, 0) is 61.7 Å². The van der Waals surface area contributed by atoms with Crippen molar-refractivity contribution in [1.82, 2.24) is 4.57 Å². The van der Waals surface area contributed by atoms with Crippen LogP contribution in [-0.2, 0) is 4.74 Å². The van der Waals surface area contributed by atoms with Crippen molar-refractivity contribution in [3.63, 3.8) is 0 Å². The van der Waals surface area contributed by atoms with E-state index in [1.807, 2.05) is 42.0 Å². The molecule has 0 fully saturated rings. The van der Waals surface area contributed by atoms with Crippen LogP contribution in [0.5, 0.6) is 0 Å². The molecule has 0 atom stereocenters. The van der Waals surface area contributed by atoms with Gasteiger partial charge in [0.1, 0.15) is 11.6 Å². The lowest BCUT2D eigenvalue weighted by molar-refractivity contribution is 0.0600. The summed E-state index contributed by atoms with van der Waals surface area (Å²) in [5.74, 6) is -0.706. The largest absolute Gasteiger partial charge is 0.465 e. The van der Waals surface area contributed by atoms with E-state index < -0.39 is 5.97 Å². The zero-order chi connectivity index (χ0) is 20.3. The van der Waals surface area contributed by atoms with Gasteiger partial charge in [0.25, 0.3) is 0 Å². The van der Waals surface area contributed by atoms with Crippen molar-refractivity contribution in [2.24, 2.45) is 0 Å². The monoisotopic (exact) mass is 390 g/mol. The van der Waals surface area contributed by atoms with Gasteiger partial charge in [-0.15, -0.1) is 11.3 Å².